The molecule has 2 aromatic rings. The average molecular weight is 480 g/mol. The highest BCUT2D eigenvalue weighted by Gasteiger charge is 2.32. The predicted molar refractivity (Wildman–Crippen MR) is 121 cm³/mol. The number of carbonyl (C=O) groups excluding carboxylic acids is 2. The van der Waals surface area contributed by atoms with E-state index in [4.69, 9.17) is 11.6 Å². The Morgan fingerprint density at radius 2 is 1.94 bits per heavy atom. The molecule has 1 N–H and O–H groups in total. The maximum absolute atomic E-state index is 13.0. The minimum Gasteiger partial charge on any atom is -0.370 e. The van der Waals surface area contributed by atoms with Crippen LogP contribution in [-0.4, -0.2) is 29.8 Å². The predicted octanol–water partition coefficient (Wildman–Crippen LogP) is 5.90. The fourth-order valence-electron chi connectivity index (χ4n) is 4.24. The van der Waals surface area contributed by atoms with E-state index < -0.39 is 11.7 Å². The van der Waals surface area contributed by atoms with Gasteiger partial charge in [0.1, 0.15) is 5.82 Å². The van der Waals surface area contributed by atoms with Crippen molar-refractivity contribution in [3.63, 3.8) is 0 Å². The van der Waals surface area contributed by atoms with Crippen molar-refractivity contribution in [1.29, 1.82) is 0 Å². The molecule has 2 fully saturated rings. The van der Waals surface area contributed by atoms with E-state index in [1.165, 1.54) is 6.07 Å². The lowest BCUT2D eigenvalue weighted by molar-refractivity contribution is -0.137. The van der Waals surface area contributed by atoms with Crippen LogP contribution in [0, 0.1) is 18.8 Å². The topological polar surface area (TPSA) is 62.3 Å². The van der Waals surface area contributed by atoms with Crippen molar-refractivity contribution in [2.45, 2.75) is 45.2 Å². The summed E-state index contributed by atoms with van der Waals surface area (Å²) in [5.41, 5.74) is 0.913. The number of nitrogens with one attached hydrogen (secondary N) is 1. The van der Waals surface area contributed by atoms with Gasteiger partial charge in [0.15, 0.2) is 5.78 Å². The van der Waals surface area contributed by atoms with Gasteiger partial charge in [-0.25, -0.2) is 4.98 Å². The van der Waals surface area contributed by atoms with Crippen molar-refractivity contribution in [2.75, 3.05) is 23.3 Å². The highest BCUT2D eigenvalue weighted by molar-refractivity contribution is 6.33. The van der Waals surface area contributed by atoms with Crippen LogP contribution in [-0.2, 0) is 11.0 Å². The summed E-state index contributed by atoms with van der Waals surface area (Å²) in [6.45, 7) is 2.98. The number of anilines is 2. The number of halogens is 4. The number of pyridine rings is 1. The summed E-state index contributed by atoms with van der Waals surface area (Å²) >= 11 is 6.17. The quantitative estimate of drug-likeness (QED) is 0.524. The van der Waals surface area contributed by atoms with Crippen LogP contribution in [0.25, 0.3) is 0 Å². The zero-order chi connectivity index (χ0) is 23.8. The van der Waals surface area contributed by atoms with E-state index in [1.54, 1.807) is 19.1 Å². The number of ketones is 1. The number of alkyl halides is 3. The molecule has 0 unspecified atom stereocenters. The highest BCUT2D eigenvalue weighted by atomic mass is 35.5. The molecule has 0 spiro atoms. The third-order valence-electron chi connectivity index (χ3n) is 6.08. The number of piperidine rings is 1. The van der Waals surface area contributed by atoms with Crippen LogP contribution in [0.15, 0.2) is 30.3 Å². The molecule has 9 heteroatoms. The van der Waals surface area contributed by atoms with Crippen LogP contribution in [0.4, 0.5) is 24.7 Å². The van der Waals surface area contributed by atoms with Crippen molar-refractivity contribution < 1.29 is 22.8 Å². The van der Waals surface area contributed by atoms with Crippen LogP contribution in [0.1, 0.15) is 53.7 Å². The number of aromatic nitrogens is 1. The lowest BCUT2D eigenvalue weighted by atomic mass is 9.90. The molecule has 4 rings (SSSR count). The zero-order valence-electron chi connectivity index (χ0n) is 18.2. The molecule has 1 aliphatic carbocycles. The SMILES string of the molecule is Cc1cc(C(=O)C[C@@H]2CCCN(c3ccc(C(F)(F)F)cc3Cl)C2)cc(NC(=O)C2CC2)n1. The molecule has 1 saturated heterocycles. The lowest BCUT2D eigenvalue weighted by Crippen LogP contribution is -2.36. The molecule has 1 aliphatic heterocycles. The van der Waals surface area contributed by atoms with E-state index in [2.05, 4.69) is 10.3 Å². The summed E-state index contributed by atoms with van der Waals surface area (Å²) in [5, 5.41) is 2.84. The van der Waals surface area contributed by atoms with E-state index in [9.17, 15) is 22.8 Å². The third kappa shape index (κ3) is 5.85. The molecule has 2 heterocycles. The highest BCUT2D eigenvalue weighted by Crippen LogP contribution is 2.37. The lowest BCUT2D eigenvalue weighted by Gasteiger charge is -2.35. The van der Waals surface area contributed by atoms with Crippen molar-refractivity contribution in [3.8, 4) is 0 Å². The van der Waals surface area contributed by atoms with E-state index in [1.807, 2.05) is 4.90 Å². The van der Waals surface area contributed by atoms with Crippen molar-refractivity contribution in [1.82, 2.24) is 4.98 Å². The van der Waals surface area contributed by atoms with Gasteiger partial charge >= 0.3 is 6.18 Å². The van der Waals surface area contributed by atoms with Gasteiger partial charge in [0.25, 0.3) is 0 Å². The Morgan fingerprint density at radius 1 is 1.18 bits per heavy atom. The largest absolute Gasteiger partial charge is 0.416 e. The van der Waals surface area contributed by atoms with Gasteiger partial charge in [0.2, 0.25) is 5.91 Å². The molecule has 2 aliphatic rings. The van der Waals surface area contributed by atoms with Crippen LogP contribution in [0.3, 0.4) is 0 Å². The standard InChI is InChI=1S/C24H25ClF3N3O2/c1-14-9-17(11-22(29-14)30-23(33)16-4-5-16)21(32)10-15-3-2-8-31(13-15)20-7-6-18(12-19(20)25)24(26,27)28/h6-7,9,11-12,15-16H,2-5,8,10,13H2,1H3,(H,29,30,33)/t15-/m0/s1. The van der Waals surface area contributed by atoms with Crippen LogP contribution in [0.2, 0.25) is 5.02 Å². The van der Waals surface area contributed by atoms with Gasteiger partial charge in [0, 0.05) is 36.7 Å². The Morgan fingerprint density at radius 3 is 2.61 bits per heavy atom. The van der Waals surface area contributed by atoms with Gasteiger partial charge in [0.05, 0.1) is 16.3 Å². The van der Waals surface area contributed by atoms with Gasteiger partial charge in [-0.1, -0.05) is 11.6 Å². The molecule has 1 aromatic heterocycles. The van der Waals surface area contributed by atoms with Gasteiger partial charge < -0.3 is 10.2 Å². The van der Waals surface area contributed by atoms with Gasteiger partial charge in [-0.2, -0.15) is 13.2 Å². The number of carbonyl (C=O) groups is 2. The number of amides is 1. The average Bonchev–Trinajstić information content (AvgIpc) is 3.58. The molecule has 5 nitrogen and oxygen atoms in total. The first-order valence-corrected chi connectivity index (χ1v) is 11.4. The smallest absolute Gasteiger partial charge is 0.370 e. The monoisotopic (exact) mass is 479 g/mol. The second kappa shape index (κ2) is 9.33. The Labute approximate surface area is 195 Å². The van der Waals surface area contributed by atoms with Crippen LogP contribution < -0.4 is 10.2 Å². The molecular weight excluding hydrogens is 455 g/mol. The number of rotatable bonds is 6. The minimum absolute atomic E-state index is 0.0386. The maximum atomic E-state index is 13.0. The van der Waals surface area contributed by atoms with Crippen molar-refractivity contribution in [3.05, 3.63) is 52.2 Å². The summed E-state index contributed by atoms with van der Waals surface area (Å²) in [7, 11) is 0. The number of Topliss-reactive ketones (excluding diaryl/α,β-unsaturated/α-hetero) is 1. The normalized spacial score (nSPS) is 18.8. The molecule has 33 heavy (non-hydrogen) atoms. The first kappa shape index (κ1) is 23.5. The molecule has 0 radical (unpaired) electrons. The first-order chi connectivity index (χ1) is 15.6. The number of benzene rings is 1. The fraction of sp³-hybridized carbons (Fsp3) is 0.458. The number of aryl methyl sites for hydroxylation is 1. The zero-order valence-corrected chi connectivity index (χ0v) is 19.0. The summed E-state index contributed by atoms with van der Waals surface area (Å²) in [4.78, 5) is 31.3. The molecule has 1 amide bonds. The Bertz CT molecular complexity index is 1070. The number of nitrogens with zero attached hydrogens (tertiary/aromatic N) is 2. The maximum Gasteiger partial charge on any atom is 0.416 e. The number of hydrogen-bond donors (Lipinski definition) is 1. The van der Waals surface area contributed by atoms with Crippen LogP contribution >= 0.6 is 11.6 Å². The molecular formula is C24H25ClF3N3O2. The second-order valence-electron chi connectivity index (χ2n) is 8.89. The summed E-state index contributed by atoms with van der Waals surface area (Å²) in [6, 6.07) is 6.71. The first-order valence-electron chi connectivity index (χ1n) is 11.0. The number of hydrogen-bond acceptors (Lipinski definition) is 4. The molecule has 1 aromatic carbocycles. The summed E-state index contributed by atoms with van der Waals surface area (Å²) in [5.74, 6) is 0.354. The van der Waals surface area contributed by atoms with Crippen LogP contribution in [0.5, 0.6) is 0 Å². The second-order valence-corrected chi connectivity index (χ2v) is 9.30. The summed E-state index contributed by atoms with van der Waals surface area (Å²) < 4.78 is 38.8. The van der Waals surface area contributed by atoms with E-state index in [-0.39, 0.29) is 28.5 Å². The Hall–Kier alpha value is -2.61. The fourth-order valence-corrected chi connectivity index (χ4v) is 4.54. The van der Waals surface area contributed by atoms with Crippen molar-refractivity contribution >= 4 is 34.8 Å². The van der Waals surface area contributed by atoms with Crippen molar-refractivity contribution in [2.24, 2.45) is 11.8 Å². The van der Waals surface area contributed by atoms with Gasteiger partial charge in [-0.15, -0.1) is 0 Å². The minimum atomic E-state index is -4.45. The van der Waals surface area contributed by atoms with Gasteiger partial charge in [-0.3, -0.25) is 9.59 Å². The summed E-state index contributed by atoms with van der Waals surface area (Å²) in [6.07, 6.45) is -0.731. The molecule has 1 saturated carbocycles. The van der Waals surface area contributed by atoms with E-state index >= 15 is 0 Å². The van der Waals surface area contributed by atoms with Gasteiger partial charge in [-0.05, 0) is 68.9 Å². The Balaban J connectivity index is 1.43. The third-order valence-corrected chi connectivity index (χ3v) is 6.39. The van der Waals surface area contributed by atoms with E-state index in [0.29, 0.717) is 42.3 Å². The molecule has 1 atom stereocenters. The molecule has 176 valence electrons. The van der Waals surface area contributed by atoms with E-state index in [0.717, 1.165) is 37.8 Å². The molecule has 0 bridgehead atoms. The Kier molecular flexibility index (Phi) is 6.66.